The van der Waals surface area contributed by atoms with Crippen LogP contribution >= 0.6 is 0 Å². The van der Waals surface area contributed by atoms with Gasteiger partial charge in [-0.05, 0) is 49.4 Å². The van der Waals surface area contributed by atoms with Crippen LogP contribution in [0.2, 0.25) is 0 Å². The summed E-state index contributed by atoms with van der Waals surface area (Å²) in [6.45, 7) is 9.63. The van der Waals surface area contributed by atoms with Gasteiger partial charge in [0.25, 0.3) is 0 Å². The highest BCUT2D eigenvalue weighted by Crippen LogP contribution is 2.20. The first kappa shape index (κ1) is 20.2. The number of nitrogens with one attached hydrogen (secondary N) is 1. The molecule has 0 aromatic heterocycles. The van der Waals surface area contributed by atoms with Crippen LogP contribution in [0, 0.1) is 11.8 Å². The standard InChI is InChI=1S/C22H36N4O/c1-18-8-11-25(12-9-18)16-21-7-5-4-6-20(21)14-24-22(23-2)26-13-10-19(15-26)17-27-3/h4-7,18-19H,8-17H2,1-3H3,(H,23,24). The Morgan fingerprint density at radius 3 is 2.59 bits per heavy atom. The van der Waals surface area contributed by atoms with Crippen molar-refractivity contribution in [2.45, 2.75) is 39.3 Å². The molecule has 1 N–H and O–H groups in total. The van der Waals surface area contributed by atoms with E-state index in [1.807, 2.05) is 7.05 Å². The number of benzene rings is 1. The molecule has 27 heavy (non-hydrogen) atoms. The molecule has 0 amide bonds. The number of hydrogen-bond donors (Lipinski definition) is 1. The van der Waals surface area contributed by atoms with Crippen molar-refractivity contribution in [3.05, 3.63) is 35.4 Å². The van der Waals surface area contributed by atoms with Gasteiger partial charge in [-0.15, -0.1) is 0 Å². The van der Waals surface area contributed by atoms with Crippen LogP contribution in [0.3, 0.4) is 0 Å². The summed E-state index contributed by atoms with van der Waals surface area (Å²) in [6.07, 6.45) is 3.83. The van der Waals surface area contributed by atoms with E-state index in [1.165, 1.54) is 43.5 Å². The Bertz CT molecular complexity index is 610. The number of likely N-dealkylation sites (tertiary alicyclic amines) is 2. The minimum absolute atomic E-state index is 0.613. The lowest BCUT2D eigenvalue weighted by molar-refractivity contribution is 0.157. The fraction of sp³-hybridized carbons (Fsp3) is 0.682. The van der Waals surface area contributed by atoms with Crippen molar-refractivity contribution in [2.24, 2.45) is 16.8 Å². The van der Waals surface area contributed by atoms with Gasteiger partial charge >= 0.3 is 0 Å². The van der Waals surface area contributed by atoms with Gasteiger partial charge in [-0.3, -0.25) is 9.89 Å². The number of piperidine rings is 1. The molecule has 150 valence electrons. The Morgan fingerprint density at radius 1 is 1.15 bits per heavy atom. The van der Waals surface area contributed by atoms with Crippen LogP contribution in [0.1, 0.15) is 37.3 Å². The average molecular weight is 373 g/mol. The van der Waals surface area contributed by atoms with Crippen LogP contribution in [-0.4, -0.2) is 62.7 Å². The zero-order chi connectivity index (χ0) is 19.1. The summed E-state index contributed by atoms with van der Waals surface area (Å²) in [5.74, 6) is 2.50. The van der Waals surface area contributed by atoms with E-state index in [9.17, 15) is 0 Å². The summed E-state index contributed by atoms with van der Waals surface area (Å²) in [6, 6.07) is 8.84. The molecule has 0 saturated carbocycles. The van der Waals surface area contributed by atoms with Crippen molar-refractivity contribution in [1.82, 2.24) is 15.1 Å². The molecular formula is C22H36N4O. The number of nitrogens with zero attached hydrogens (tertiary/aromatic N) is 3. The second kappa shape index (κ2) is 10.1. The van der Waals surface area contributed by atoms with Crippen molar-refractivity contribution < 1.29 is 4.74 Å². The number of hydrogen-bond acceptors (Lipinski definition) is 3. The highest BCUT2D eigenvalue weighted by atomic mass is 16.5. The first-order valence-electron chi connectivity index (χ1n) is 10.4. The van der Waals surface area contributed by atoms with Gasteiger partial charge in [0.05, 0.1) is 6.61 Å². The number of methoxy groups -OCH3 is 1. The Kier molecular flexibility index (Phi) is 7.53. The normalized spacial score (nSPS) is 22.4. The van der Waals surface area contributed by atoms with E-state index in [1.54, 1.807) is 7.11 Å². The molecule has 0 radical (unpaired) electrons. The average Bonchev–Trinajstić information content (AvgIpc) is 3.14. The van der Waals surface area contributed by atoms with E-state index in [-0.39, 0.29) is 0 Å². The lowest BCUT2D eigenvalue weighted by Crippen LogP contribution is -2.40. The number of ether oxygens (including phenoxy) is 1. The number of rotatable bonds is 6. The van der Waals surface area contributed by atoms with Gasteiger partial charge in [0.2, 0.25) is 0 Å². The summed E-state index contributed by atoms with van der Waals surface area (Å²) >= 11 is 0. The third-order valence-corrected chi connectivity index (χ3v) is 6.03. The molecule has 5 nitrogen and oxygen atoms in total. The van der Waals surface area contributed by atoms with E-state index in [0.717, 1.165) is 44.7 Å². The third kappa shape index (κ3) is 5.69. The summed E-state index contributed by atoms with van der Waals surface area (Å²) in [4.78, 5) is 9.47. The van der Waals surface area contributed by atoms with Crippen LogP contribution in [0.25, 0.3) is 0 Å². The van der Waals surface area contributed by atoms with Crippen LogP contribution in [0.5, 0.6) is 0 Å². The zero-order valence-electron chi connectivity index (χ0n) is 17.3. The van der Waals surface area contributed by atoms with Gasteiger partial charge in [0.15, 0.2) is 5.96 Å². The summed E-state index contributed by atoms with van der Waals surface area (Å²) < 4.78 is 5.32. The molecule has 2 heterocycles. The van der Waals surface area contributed by atoms with Gasteiger partial charge in [-0.1, -0.05) is 31.2 Å². The lowest BCUT2D eigenvalue weighted by atomic mass is 9.98. The molecule has 2 fully saturated rings. The number of guanidine groups is 1. The molecule has 0 spiro atoms. The monoisotopic (exact) mass is 372 g/mol. The molecule has 1 aromatic rings. The molecule has 1 unspecified atom stereocenters. The molecule has 3 rings (SSSR count). The maximum absolute atomic E-state index is 5.32. The number of aliphatic imine (C=N–C) groups is 1. The minimum Gasteiger partial charge on any atom is -0.384 e. The molecule has 5 heteroatoms. The van der Waals surface area contributed by atoms with Gasteiger partial charge in [0, 0.05) is 46.3 Å². The Hall–Kier alpha value is -1.59. The first-order chi connectivity index (χ1) is 13.2. The third-order valence-electron chi connectivity index (χ3n) is 6.03. The second-order valence-corrected chi connectivity index (χ2v) is 8.18. The van der Waals surface area contributed by atoms with E-state index in [2.05, 4.69) is 51.3 Å². The Morgan fingerprint density at radius 2 is 1.89 bits per heavy atom. The SMILES string of the molecule is CN=C(NCc1ccccc1CN1CCC(C)CC1)N1CCC(COC)C1. The van der Waals surface area contributed by atoms with Gasteiger partial charge in [-0.25, -0.2) is 0 Å². The predicted octanol–water partition coefficient (Wildman–Crippen LogP) is 2.96. The van der Waals surface area contributed by atoms with Crippen molar-refractivity contribution in [3.63, 3.8) is 0 Å². The van der Waals surface area contributed by atoms with E-state index >= 15 is 0 Å². The highest BCUT2D eigenvalue weighted by Gasteiger charge is 2.24. The van der Waals surface area contributed by atoms with Crippen molar-refractivity contribution in [3.8, 4) is 0 Å². The minimum atomic E-state index is 0.613. The molecule has 1 atom stereocenters. The quantitative estimate of drug-likeness (QED) is 0.616. The molecule has 0 bridgehead atoms. The largest absolute Gasteiger partial charge is 0.384 e. The molecule has 2 saturated heterocycles. The fourth-order valence-electron chi connectivity index (χ4n) is 4.25. The summed E-state index contributed by atoms with van der Waals surface area (Å²) in [5.41, 5.74) is 2.82. The molecular weight excluding hydrogens is 336 g/mol. The second-order valence-electron chi connectivity index (χ2n) is 8.18. The molecule has 1 aromatic carbocycles. The van der Waals surface area contributed by atoms with E-state index in [0.29, 0.717) is 5.92 Å². The molecule has 0 aliphatic carbocycles. The first-order valence-corrected chi connectivity index (χ1v) is 10.4. The zero-order valence-corrected chi connectivity index (χ0v) is 17.3. The van der Waals surface area contributed by atoms with Crippen LogP contribution in [0.15, 0.2) is 29.3 Å². The maximum Gasteiger partial charge on any atom is 0.193 e. The highest BCUT2D eigenvalue weighted by molar-refractivity contribution is 5.80. The van der Waals surface area contributed by atoms with E-state index in [4.69, 9.17) is 4.74 Å². The molecule has 2 aliphatic heterocycles. The van der Waals surface area contributed by atoms with Crippen LogP contribution in [-0.2, 0) is 17.8 Å². The Balaban J connectivity index is 1.56. The maximum atomic E-state index is 5.32. The van der Waals surface area contributed by atoms with Gasteiger partial charge in [-0.2, -0.15) is 0 Å². The van der Waals surface area contributed by atoms with E-state index < -0.39 is 0 Å². The fourth-order valence-corrected chi connectivity index (χ4v) is 4.25. The van der Waals surface area contributed by atoms with Gasteiger partial charge in [0.1, 0.15) is 0 Å². The van der Waals surface area contributed by atoms with Crippen molar-refractivity contribution >= 4 is 5.96 Å². The van der Waals surface area contributed by atoms with Crippen LogP contribution < -0.4 is 5.32 Å². The summed E-state index contributed by atoms with van der Waals surface area (Å²) in [7, 11) is 3.67. The topological polar surface area (TPSA) is 40.1 Å². The molecule has 2 aliphatic rings. The van der Waals surface area contributed by atoms with Gasteiger partial charge < -0.3 is 15.0 Å². The Labute approximate surface area is 164 Å². The predicted molar refractivity (Wildman–Crippen MR) is 112 cm³/mol. The van der Waals surface area contributed by atoms with Crippen molar-refractivity contribution in [2.75, 3.05) is 46.9 Å². The van der Waals surface area contributed by atoms with Crippen molar-refractivity contribution in [1.29, 1.82) is 0 Å². The smallest absolute Gasteiger partial charge is 0.193 e. The lowest BCUT2D eigenvalue weighted by Gasteiger charge is -2.31. The summed E-state index contributed by atoms with van der Waals surface area (Å²) in [5, 5.41) is 3.59. The van der Waals surface area contributed by atoms with Crippen LogP contribution in [0.4, 0.5) is 0 Å².